The summed E-state index contributed by atoms with van der Waals surface area (Å²) < 4.78 is 5.91. The molecule has 0 spiro atoms. The van der Waals surface area contributed by atoms with Crippen LogP contribution in [-0.2, 0) is 9.53 Å². The van der Waals surface area contributed by atoms with E-state index >= 15 is 0 Å². The van der Waals surface area contributed by atoms with Crippen LogP contribution in [-0.4, -0.2) is 23.3 Å². The molecule has 3 nitrogen and oxygen atoms in total. The zero-order valence-corrected chi connectivity index (χ0v) is 12.4. The number of carbonyl (C=O) groups excluding carboxylic acids is 1. The molecule has 3 atom stereocenters. The van der Waals surface area contributed by atoms with Crippen LogP contribution in [0.4, 0.5) is 0 Å². The number of fused-ring (bicyclic) bond motifs is 2. The Morgan fingerprint density at radius 1 is 1.37 bits per heavy atom. The van der Waals surface area contributed by atoms with Gasteiger partial charge < -0.3 is 9.84 Å². The van der Waals surface area contributed by atoms with E-state index in [1.54, 1.807) is 0 Å². The standard InChI is InChI=1S/C16H28O3/c1-3-12(2)15(18)19-16(7-8-17)10-13-5-4-6-14(9-13)11-16/h12-14,17H,3-11H2,1-2H3. The third-order valence-corrected chi connectivity index (χ3v) is 5.11. The zero-order chi connectivity index (χ0) is 13.9. The van der Waals surface area contributed by atoms with Crippen LogP contribution in [0.3, 0.4) is 0 Å². The van der Waals surface area contributed by atoms with Gasteiger partial charge in [-0.25, -0.2) is 0 Å². The number of ether oxygens (including phenoxy) is 1. The molecule has 0 heterocycles. The minimum Gasteiger partial charge on any atom is -0.459 e. The zero-order valence-electron chi connectivity index (χ0n) is 12.4. The van der Waals surface area contributed by atoms with Crippen molar-refractivity contribution in [2.45, 2.75) is 70.8 Å². The Labute approximate surface area is 116 Å². The van der Waals surface area contributed by atoms with Crippen molar-refractivity contribution in [2.24, 2.45) is 17.8 Å². The van der Waals surface area contributed by atoms with E-state index in [2.05, 4.69) is 0 Å². The highest BCUT2D eigenvalue weighted by molar-refractivity contribution is 5.72. The summed E-state index contributed by atoms with van der Waals surface area (Å²) in [4.78, 5) is 12.1. The molecule has 0 amide bonds. The summed E-state index contributed by atoms with van der Waals surface area (Å²) in [6.45, 7) is 4.06. The number of hydrogen-bond donors (Lipinski definition) is 1. The highest BCUT2D eigenvalue weighted by Gasteiger charge is 2.44. The Hall–Kier alpha value is -0.570. The number of carbonyl (C=O) groups is 1. The van der Waals surface area contributed by atoms with E-state index in [4.69, 9.17) is 4.74 Å². The van der Waals surface area contributed by atoms with Gasteiger partial charge in [-0.2, -0.15) is 0 Å². The van der Waals surface area contributed by atoms with Gasteiger partial charge >= 0.3 is 5.97 Å². The fourth-order valence-corrected chi connectivity index (χ4v) is 3.93. The second-order valence-electron chi connectivity index (χ2n) is 6.69. The molecule has 1 N–H and O–H groups in total. The van der Waals surface area contributed by atoms with Crippen LogP contribution in [0, 0.1) is 17.8 Å². The molecule has 2 aliphatic rings. The number of rotatable bonds is 5. The molecular weight excluding hydrogens is 240 g/mol. The number of aliphatic hydroxyl groups excluding tert-OH is 1. The van der Waals surface area contributed by atoms with Crippen LogP contribution >= 0.6 is 0 Å². The topological polar surface area (TPSA) is 46.5 Å². The van der Waals surface area contributed by atoms with Gasteiger partial charge in [0.2, 0.25) is 0 Å². The summed E-state index contributed by atoms with van der Waals surface area (Å²) in [5, 5.41) is 9.36. The van der Waals surface area contributed by atoms with Gasteiger partial charge in [-0.15, -0.1) is 0 Å². The number of esters is 1. The largest absolute Gasteiger partial charge is 0.459 e. The molecule has 110 valence electrons. The van der Waals surface area contributed by atoms with Gasteiger partial charge in [-0.3, -0.25) is 4.79 Å². The van der Waals surface area contributed by atoms with Crippen molar-refractivity contribution in [1.82, 2.24) is 0 Å². The molecule has 2 rings (SSSR count). The SMILES string of the molecule is CCC(C)C(=O)OC1(CCO)CC2CCCC(C2)C1. The summed E-state index contributed by atoms with van der Waals surface area (Å²) in [5.41, 5.74) is -0.372. The first-order valence-electron chi connectivity index (χ1n) is 7.92. The average Bonchev–Trinajstić information content (AvgIpc) is 2.37. The molecule has 0 aromatic heterocycles. The molecule has 0 saturated heterocycles. The predicted octanol–water partition coefficient (Wildman–Crippen LogP) is 3.30. The second kappa shape index (κ2) is 6.25. The van der Waals surface area contributed by atoms with E-state index in [0.29, 0.717) is 18.3 Å². The Morgan fingerprint density at radius 3 is 2.53 bits per heavy atom. The maximum Gasteiger partial charge on any atom is 0.309 e. The molecule has 19 heavy (non-hydrogen) atoms. The lowest BCUT2D eigenvalue weighted by Gasteiger charge is -2.46. The molecule has 2 fully saturated rings. The van der Waals surface area contributed by atoms with Crippen LogP contribution in [0.5, 0.6) is 0 Å². The Bertz CT molecular complexity index is 301. The fourth-order valence-electron chi connectivity index (χ4n) is 3.93. The van der Waals surface area contributed by atoms with Crippen molar-refractivity contribution < 1.29 is 14.6 Å². The van der Waals surface area contributed by atoms with E-state index in [-0.39, 0.29) is 24.1 Å². The third-order valence-electron chi connectivity index (χ3n) is 5.11. The van der Waals surface area contributed by atoms with Crippen molar-refractivity contribution in [2.75, 3.05) is 6.61 Å². The van der Waals surface area contributed by atoms with E-state index in [1.165, 1.54) is 25.7 Å². The Kier molecular flexibility index (Phi) is 4.88. The maximum atomic E-state index is 12.1. The first kappa shape index (κ1) is 14.8. The third kappa shape index (κ3) is 3.50. The molecule has 2 aliphatic carbocycles. The normalized spacial score (nSPS) is 35.7. The number of aliphatic hydroxyl groups is 1. The molecule has 0 aliphatic heterocycles. The predicted molar refractivity (Wildman–Crippen MR) is 74.7 cm³/mol. The van der Waals surface area contributed by atoms with Crippen LogP contribution in [0.2, 0.25) is 0 Å². The molecule has 0 radical (unpaired) electrons. The van der Waals surface area contributed by atoms with E-state index in [0.717, 1.165) is 19.3 Å². The minimum atomic E-state index is -0.372. The average molecular weight is 268 g/mol. The van der Waals surface area contributed by atoms with Crippen LogP contribution < -0.4 is 0 Å². The quantitative estimate of drug-likeness (QED) is 0.778. The van der Waals surface area contributed by atoms with Crippen molar-refractivity contribution in [1.29, 1.82) is 0 Å². The minimum absolute atomic E-state index is 0.0302. The summed E-state index contributed by atoms with van der Waals surface area (Å²) in [6, 6.07) is 0. The lowest BCUT2D eigenvalue weighted by Crippen LogP contribution is -2.46. The van der Waals surface area contributed by atoms with Gasteiger partial charge in [0.05, 0.1) is 5.92 Å². The summed E-state index contributed by atoms with van der Waals surface area (Å²) in [6.07, 6.45) is 8.52. The van der Waals surface area contributed by atoms with Gasteiger partial charge in [-0.1, -0.05) is 33.1 Å². The van der Waals surface area contributed by atoms with Crippen LogP contribution in [0.15, 0.2) is 0 Å². The summed E-state index contributed by atoms with van der Waals surface area (Å²) in [5.74, 6) is 1.29. The first-order chi connectivity index (χ1) is 9.08. The van der Waals surface area contributed by atoms with Gasteiger partial charge in [0.25, 0.3) is 0 Å². The van der Waals surface area contributed by atoms with Crippen molar-refractivity contribution in [3.63, 3.8) is 0 Å². The molecule has 2 saturated carbocycles. The van der Waals surface area contributed by atoms with Gasteiger partial charge in [0, 0.05) is 13.0 Å². The monoisotopic (exact) mass is 268 g/mol. The fraction of sp³-hybridized carbons (Fsp3) is 0.938. The summed E-state index contributed by atoms with van der Waals surface area (Å²) >= 11 is 0. The van der Waals surface area contributed by atoms with Gasteiger partial charge in [0.1, 0.15) is 5.60 Å². The lowest BCUT2D eigenvalue weighted by molar-refractivity contribution is -0.176. The summed E-state index contributed by atoms with van der Waals surface area (Å²) in [7, 11) is 0. The van der Waals surface area contributed by atoms with E-state index < -0.39 is 0 Å². The van der Waals surface area contributed by atoms with Gasteiger partial charge in [0.15, 0.2) is 0 Å². The molecule has 3 heteroatoms. The maximum absolute atomic E-state index is 12.1. The second-order valence-corrected chi connectivity index (χ2v) is 6.69. The van der Waals surface area contributed by atoms with Crippen LogP contribution in [0.1, 0.15) is 65.2 Å². The first-order valence-corrected chi connectivity index (χ1v) is 7.92. The number of hydrogen-bond acceptors (Lipinski definition) is 3. The van der Waals surface area contributed by atoms with Crippen LogP contribution in [0.25, 0.3) is 0 Å². The molecule has 0 aromatic rings. The Morgan fingerprint density at radius 2 is 2.00 bits per heavy atom. The van der Waals surface area contributed by atoms with E-state index in [1.807, 2.05) is 13.8 Å². The highest BCUT2D eigenvalue weighted by Crippen LogP contribution is 2.47. The van der Waals surface area contributed by atoms with Crippen molar-refractivity contribution in [3.8, 4) is 0 Å². The smallest absolute Gasteiger partial charge is 0.309 e. The van der Waals surface area contributed by atoms with Gasteiger partial charge in [-0.05, 0) is 37.5 Å². The molecule has 2 bridgehead atoms. The molecular formula is C16H28O3. The van der Waals surface area contributed by atoms with Crippen molar-refractivity contribution >= 4 is 5.97 Å². The van der Waals surface area contributed by atoms with Crippen molar-refractivity contribution in [3.05, 3.63) is 0 Å². The lowest BCUT2D eigenvalue weighted by atomic mass is 9.65. The molecule has 0 aromatic carbocycles. The Balaban J connectivity index is 2.07. The molecule has 3 unspecified atom stereocenters. The van der Waals surface area contributed by atoms with E-state index in [9.17, 15) is 9.90 Å². The highest BCUT2D eigenvalue weighted by atomic mass is 16.6.